The van der Waals surface area contributed by atoms with Crippen molar-refractivity contribution in [2.75, 3.05) is 31.3 Å². The van der Waals surface area contributed by atoms with Crippen molar-refractivity contribution in [1.82, 2.24) is 4.98 Å². The molecule has 1 aromatic carbocycles. The van der Waals surface area contributed by atoms with Gasteiger partial charge >= 0.3 is 0 Å². The topological polar surface area (TPSA) is 54.8 Å². The summed E-state index contributed by atoms with van der Waals surface area (Å²) in [4.78, 5) is 6.76. The van der Waals surface area contributed by atoms with Gasteiger partial charge in [-0.05, 0) is 38.8 Å². The van der Waals surface area contributed by atoms with Crippen LogP contribution in [0, 0.1) is 0 Å². The molecule has 0 bridgehead atoms. The summed E-state index contributed by atoms with van der Waals surface area (Å²) in [7, 11) is 0. The van der Waals surface area contributed by atoms with Crippen LogP contribution in [-0.2, 0) is 0 Å². The molecule has 1 unspecified atom stereocenters. The predicted octanol–water partition coefficient (Wildman–Crippen LogP) is 2.99. The molecule has 5 heteroatoms. The van der Waals surface area contributed by atoms with E-state index in [0.29, 0.717) is 13.2 Å². The first kappa shape index (κ1) is 15.9. The lowest BCUT2D eigenvalue weighted by Gasteiger charge is -2.26. The largest absolute Gasteiger partial charge is 0.490 e. The van der Waals surface area contributed by atoms with E-state index in [1.54, 1.807) is 0 Å². The van der Waals surface area contributed by atoms with Crippen LogP contribution in [0.1, 0.15) is 26.7 Å². The second-order valence-corrected chi connectivity index (χ2v) is 5.68. The molecule has 0 aliphatic carbocycles. The molecule has 3 rings (SSSR count). The van der Waals surface area contributed by atoms with Crippen molar-refractivity contribution >= 4 is 16.6 Å². The fraction of sp³-hybridized carbons (Fsp3) is 0.500. The first-order valence-electron chi connectivity index (χ1n) is 8.34. The number of hydrogen-bond donors (Lipinski definition) is 1. The molecule has 1 atom stereocenters. The molecule has 124 valence electrons. The van der Waals surface area contributed by atoms with Crippen LogP contribution in [0.4, 0.5) is 5.69 Å². The van der Waals surface area contributed by atoms with E-state index < -0.39 is 0 Å². The second kappa shape index (κ2) is 7.04. The Balaban J connectivity index is 2.10. The van der Waals surface area contributed by atoms with Gasteiger partial charge < -0.3 is 19.5 Å². The minimum atomic E-state index is 0.180. The van der Waals surface area contributed by atoms with Crippen molar-refractivity contribution in [3.8, 4) is 11.5 Å². The van der Waals surface area contributed by atoms with Crippen LogP contribution < -0.4 is 14.4 Å². The fourth-order valence-electron chi connectivity index (χ4n) is 3.27. The second-order valence-electron chi connectivity index (χ2n) is 5.68. The Bertz CT molecular complexity index is 675. The highest BCUT2D eigenvalue weighted by Crippen LogP contribution is 2.38. The van der Waals surface area contributed by atoms with Gasteiger partial charge in [-0.15, -0.1) is 0 Å². The monoisotopic (exact) mass is 316 g/mol. The van der Waals surface area contributed by atoms with Crippen molar-refractivity contribution in [2.45, 2.75) is 32.7 Å². The standard InChI is InChI=1S/C18H24N2O3/c1-3-22-17-10-14-15(11-18(17)23-4-2)19-8-7-16(14)20-9-5-6-13(20)12-21/h7-8,10-11,13,21H,3-6,9,12H2,1-2H3. The maximum atomic E-state index is 9.62. The number of nitrogens with zero attached hydrogens (tertiary/aromatic N) is 2. The molecule has 0 spiro atoms. The van der Waals surface area contributed by atoms with Crippen molar-refractivity contribution in [3.05, 3.63) is 24.4 Å². The maximum absolute atomic E-state index is 9.62. The number of benzene rings is 1. The quantitative estimate of drug-likeness (QED) is 0.888. The Morgan fingerprint density at radius 3 is 2.65 bits per heavy atom. The zero-order valence-electron chi connectivity index (χ0n) is 13.8. The zero-order chi connectivity index (χ0) is 16.2. The highest BCUT2D eigenvalue weighted by atomic mass is 16.5. The molecule has 0 radical (unpaired) electrons. The minimum absolute atomic E-state index is 0.180. The predicted molar refractivity (Wildman–Crippen MR) is 91.5 cm³/mol. The van der Waals surface area contributed by atoms with E-state index in [4.69, 9.17) is 9.47 Å². The average molecular weight is 316 g/mol. The molecule has 1 aliphatic rings. The maximum Gasteiger partial charge on any atom is 0.163 e. The molecule has 1 aromatic heterocycles. The first-order valence-corrected chi connectivity index (χ1v) is 8.34. The number of pyridine rings is 1. The van der Waals surface area contributed by atoms with Crippen molar-refractivity contribution in [3.63, 3.8) is 0 Å². The summed E-state index contributed by atoms with van der Waals surface area (Å²) < 4.78 is 11.4. The van der Waals surface area contributed by atoms with E-state index >= 15 is 0 Å². The van der Waals surface area contributed by atoms with E-state index in [1.165, 1.54) is 0 Å². The van der Waals surface area contributed by atoms with Crippen LogP contribution in [0.25, 0.3) is 10.9 Å². The van der Waals surface area contributed by atoms with Crippen molar-refractivity contribution in [2.24, 2.45) is 0 Å². The molecule has 2 heterocycles. The summed E-state index contributed by atoms with van der Waals surface area (Å²) in [6.07, 6.45) is 3.94. The molecular formula is C18H24N2O3. The van der Waals surface area contributed by atoms with Gasteiger partial charge in [-0.2, -0.15) is 0 Å². The molecule has 1 fully saturated rings. The summed E-state index contributed by atoms with van der Waals surface area (Å²) in [6, 6.07) is 6.16. The summed E-state index contributed by atoms with van der Waals surface area (Å²) in [5, 5.41) is 10.7. The number of anilines is 1. The molecule has 1 aliphatic heterocycles. The third kappa shape index (κ3) is 3.06. The molecule has 0 amide bonds. The Morgan fingerprint density at radius 1 is 1.22 bits per heavy atom. The van der Waals surface area contributed by atoms with E-state index in [2.05, 4.69) is 9.88 Å². The van der Waals surface area contributed by atoms with Gasteiger partial charge in [0.1, 0.15) is 0 Å². The molecule has 1 saturated heterocycles. The highest BCUT2D eigenvalue weighted by Gasteiger charge is 2.25. The van der Waals surface area contributed by atoms with Gasteiger partial charge in [0.2, 0.25) is 0 Å². The molecule has 2 aromatic rings. The Hall–Kier alpha value is -2.01. The van der Waals surface area contributed by atoms with E-state index in [0.717, 1.165) is 47.5 Å². The average Bonchev–Trinajstić information content (AvgIpc) is 3.04. The third-order valence-corrected chi connectivity index (χ3v) is 4.28. The lowest BCUT2D eigenvalue weighted by Crippen LogP contribution is -2.32. The summed E-state index contributed by atoms with van der Waals surface area (Å²) >= 11 is 0. The fourth-order valence-corrected chi connectivity index (χ4v) is 3.27. The summed E-state index contributed by atoms with van der Waals surface area (Å²) in [5.41, 5.74) is 1.99. The SMILES string of the molecule is CCOc1cc2nccc(N3CCCC3CO)c2cc1OCC. The molecule has 23 heavy (non-hydrogen) atoms. The van der Waals surface area contributed by atoms with Gasteiger partial charge in [-0.25, -0.2) is 0 Å². The van der Waals surface area contributed by atoms with Gasteiger partial charge in [0.15, 0.2) is 11.5 Å². The van der Waals surface area contributed by atoms with Crippen LogP contribution in [-0.4, -0.2) is 42.5 Å². The number of rotatable bonds is 6. The van der Waals surface area contributed by atoms with Crippen LogP contribution >= 0.6 is 0 Å². The van der Waals surface area contributed by atoms with Gasteiger partial charge in [0.05, 0.1) is 31.4 Å². The highest BCUT2D eigenvalue weighted by molar-refractivity contribution is 5.94. The molecule has 1 N–H and O–H groups in total. The number of fused-ring (bicyclic) bond motifs is 1. The Kier molecular flexibility index (Phi) is 4.86. The molecule has 0 saturated carbocycles. The van der Waals surface area contributed by atoms with Gasteiger partial charge in [-0.1, -0.05) is 0 Å². The minimum Gasteiger partial charge on any atom is -0.490 e. The van der Waals surface area contributed by atoms with E-state index in [1.807, 2.05) is 38.2 Å². The Morgan fingerprint density at radius 2 is 1.96 bits per heavy atom. The van der Waals surface area contributed by atoms with E-state index in [-0.39, 0.29) is 12.6 Å². The summed E-state index contributed by atoms with van der Waals surface area (Å²) in [6.45, 7) is 6.24. The van der Waals surface area contributed by atoms with Crippen molar-refractivity contribution < 1.29 is 14.6 Å². The third-order valence-electron chi connectivity index (χ3n) is 4.28. The normalized spacial score (nSPS) is 17.7. The number of aliphatic hydroxyl groups is 1. The van der Waals surface area contributed by atoms with Crippen LogP contribution in [0.3, 0.4) is 0 Å². The number of aromatic nitrogens is 1. The molecule has 5 nitrogen and oxygen atoms in total. The number of aliphatic hydroxyl groups excluding tert-OH is 1. The first-order chi connectivity index (χ1) is 11.3. The lowest BCUT2D eigenvalue weighted by atomic mass is 10.1. The zero-order valence-corrected chi connectivity index (χ0v) is 13.8. The number of ether oxygens (including phenoxy) is 2. The van der Waals surface area contributed by atoms with Crippen LogP contribution in [0.15, 0.2) is 24.4 Å². The van der Waals surface area contributed by atoms with Crippen LogP contribution in [0.2, 0.25) is 0 Å². The lowest BCUT2D eigenvalue weighted by molar-refractivity contribution is 0.266. The Labute approximate surface area is 136 Å². The van der Waals surface area contributed by atoms with Gasteiger partial charge in [-0.3, -0.25) is 4.98 Å². The smallest absolute Gasteiger partial charge is 0.163 e. The van der Waals surface area contributed by atoms with Crippen LogP contribution in [0.5, 0.6) is 11.5 Å². The number of hydrogen-bond acceptors (Lipinski definition) is 5. The molecular weight excluding hydrogens is 292 g/mol. The van der Waals surface area contributed by atoms with Gasteiger partial charge in [0.25, 0.3) is 0 Å². The van der Waals surface area contributed by atoms with Gasteiger partial charge in [0, 0.05) is 29.9 Å². The summed E-state index contributed by atoms with van der Waals surface area (Å²) in [5.74, 6) is 1.47. The van der Waals surface area contributed by atoms with Crippen molar-refractivity contribution in [1.29, 1.82) is 0 Å². The van der Waals surface area contributed by atoms with E-state index in [9.17, 15) is 5.11 Å².